The van der Waals surface area contributed by atoms with E-state index < -0.39 is 0 Å². The van der Waals surface area contributed by atoms with Gasteiger partial charge in [0.2, 0.25) is 5.91 Å². The van der Waals surface area contributed by atoms with Gasteiger partial charge in [0.15, 0.2) is 11.0 Å². The fraction of sp³-hybridized carbons (Fsp3) is 0.222. The van der Waals surface area contributed by atoms with Crippen molar-refractivity contribution in [2.45, 2.75) is 19.3 Å². The van der Waals surface area contributed by atoms with Crippen LogP contribution in [0.2, 0.25) is 5.15 Å². The highest BCUT2D eigenvalue weighted by atomic mass is 35.5. The normalized spacial score (nSPS) is 16.1. The van der Waals surface area contributed by atoms with E-state index in [-0.39, 0.29) is 11.8 Å². The van der Waals surface area contributed by atoms with Crippen LogP contribution in [0.15, 0.2) is 36.4 Å². The summed E-state index contributed by atoms with van der Waals surface area (Å²) in [6.45, 7) is 1.92. The molecule has 3 aromatic rings. The number of ether oxygens (including phenoxy) is 1. The Bertz CT molecular complexity index is 984. The van der Waals surface area contributed by atoms with E-state index >= 15 is 0 Å². The number of carbonyl (C=O) groups excluding carboxylic acids is 1. The molecule has 0 saturated heterocycles. The summed E-state index contributed by atoms with van der Waals surface area (Å²) in [7, 11) is 1.63. The Morgan fingerprint density at radius 1 is 1.23 bits per heavy atom. The number of methoxy groups -OCH3 is 1. The molecule has 7 nitrogen and oxygen atoms in total. The van der Waals surface area contributed by atoms with Crippen molar-refractivity contribution >= 4 is 23.3 Å². The summed E-state index contributed by atoms with van der Waals surface area (Å²) < 4.78 is 7.09. The number of benzene rings is 1. The van der Waals surface area contributed by atoms with E-state index in [2.05, 4.69) is 20.6 Å². The smallest absolute Gasteiger partial charge is 0.226 e. The average molecular weight is 370 g/mol. The van der Waals surface area contributed by atoms with Crippen molar-refractivity contribution in [2.24, 2.45) is 0 Å². The van der Waals surface area contributed by atoms with Gasteiger partial charge >= 0.3 is 0 Å². The number of hydrogen-bond donors (Lipinski definition) is 1. The lowest BCUT2D eigenvalue weighted by Crippen LogP contribution is -2.25. The zero-order valence-electron chi connectivity index (χ0n) is 14.2. The Morgan fingerprint density at radius 3 is 2.77 bits per heavy atom. The van der Waals surface area contributed by atoms with Gasteiger partial charge in [0, 0.05) is 23.5 Å². The van der Waals surface area contributed by atoms with E-state index in [4.69, 9.17) is 16.3 Å². The molecule has 0 aliphatic carbocycles. The van der Waals surface area contributed by atoms with Crippen LogP contribution in [0.25, 0.3) is 5.82 Å². The topological polar surface area (TPSA) is 81.9 Å². The lowest BCUT2D eigenvalue weighted by atomic mass is 9.85. The summed E-state index contributed by atoms with van der Waals surface area (Å²) in [6.07, 6.45) is 0.326. The molecule has 132 valence electrons. The van der Waals surface area contributed by atoms with E-state index in [0.29, 0.717) is 23.2 Å². The van der Waals surface area contributed by atoms with Crippen molar-refractivity contribution in [1.29, 1.82) is 0 Å². The number of para-hydroxylation sites is 1. The summed E-state index contributed by atoms with van der Waals surface area (Å²) >= 11 is 5.82. The van der Waals surface area contributed by atoms with Crippen molar-refractivity contribution in [2.75, 3.05) is 12.4 Å². The molecule has 4 rings (SSSR count). The molecule has 1 aromatic carbocycles. The van der Waals surface area contributed by atoms with Gasteiger partial charge in [-0.15, -0.1) is 10.2 Å². The van der Waals surface area contributed by atoms with Crippen molar-refractivity contribution in [3.8, 4) is 11.6 Å². The molecule has 3 heterocycles. The van der Waals surface area contributed by atoms with Crippen LogP contribution in [0.4, 0.5) is 5.82 Å². The van der Waals surface area contributed by atoms with E-state index in [1.807, 2.05) is 31.2 Å². The maximum absolute atomic E-state index is 12.4. The Labute approximate surface area is 155 Å². The van der Waals surface area contributed by atoms with E-state index in [9.17, 15) is 4.79 Å². The highest BCUT2D eigenvalue weighted by molar-refractivity contribution is 6.29. The third kappa shape index (κ3) is 2.70. The molecule has 0 saturated carbocycles. The van der Waals surface area contributed by atoms with Crippen molar-refractivity contribution in [1.82, 2.24) is 20.0 Å². The van der Waals surface area contributed by atoms with Crippen LogP contribution in [-0.4, -0.2) is 33.0 Å². The fourth-order valence-electron chi connectivity index (χ4n) is 3.35. The highest BCUT2D eigenvalue weighted by Crippen LogP contribution is 2.42. The van der Waals surface area contributed by atoms with Gasteiger partial charge in [-0.25, -0.2) is 0 Å². The lowest BCUT2D eigenvalue weighted by Gasteiger charge is -2.25. The summed E-state index contributed by atoms with van der Waals surface area (Å²) in [5.74, 6) is 1.60. The number of nitrogens with one attached hydrogen (secondary N) is 1. The molecule has 1 amide bonds. The van der Waals surface area contributed by atoms with Gasteiger partial charge < -0.3 is 10.1 Å². The van der Waals surface area contributed by atoms with Gasteiger partial charge in [0.1, 0.15) is 11.6 Å². The predicted molar refractivity (Wildman–Crippen MR) is 97.0 cm³/mol. The van der Waals surface area contributed by atoms with Crippen LogP contribution in [0, 0.1) is 6.92 Å². The molecule has 1 atom stereocenters. The van der Waals surface area contributed by atoms with Crippen LogP contribution >= 0.6 is 11.6 Å². The van der Waals surface area contributed by atoms with Crippen LogP contribution in [-0.2, 0) is 4.79 Å². The molecular weight excluding hydrogens is 354 g/mol. The van der Waals surface area contributed by atoms with Crippen molar-refractivity contribution in [3.05, 3.63) is 58.4 Å². The quantitative estimate of drug-likeness (QED) is 0.767. The minimum absolute atomic E-state index is 0.0866. The standard InChI is InChI=1S/C18H16ClN5O2/c1-10-17-12(11-5-3-4-6-13(11)26-2)9-16(25)20-18(17)24(23-10)15-8-7-14(19)21-22-15/h3-8,12H,9H2,1-2H3,(H,20,25)/t12-/m1/s1. The highest BCUT2D eigenvalue weighted by Gasteiger charge is 2.34. The number of aromatic nitrogens is 4. The Hall–Kier alpha value is -2.93. The second-order valence-electron chi connectivity index (χ2n) is 6.02. The maximum Gasteiger partial charge on any atom is 0.226 e. The number of aryl methyl sites for hydroxylation is 1. The SMILES string of the molecule is COc1ccccc1[C@H]1CC(=O)Nc2c1c(C)nn2-c1ccc(Cl)nn1. The zero-order valence-corrected chi connectivity index (χ0v) is 15.0. The number of fused-ring (bicyclic) bond motifs is 1. The maximum atomic E-state index is 12.4. The van der Waals surface area contributed by atoms with Crippen LogP contribution in [0.3, 0.4) is 0 Å². The monoisotopic (exact) mass is 369 g/mol. The van der Waals surface area contributed by atoms with E-state index in [1.165, 1.54) is 0 Å². The number of nitrogens with zero attached hydrogens (tertiary/aromatic N) is 4. The van der Waals surface area contributed by atoms with Gasteiger partial charge in [-0.1, -0.05) is 29.8 Å². The number of hydrogen-bond acceptors (Lipinski definition) is 5. The van der Waals surface area contributed by atoms with E-state index in [1.54, 1.807) is 23.9 Å². The number of carbonyl (C=O) groups is 1. The van der Waals surface area contributed by atoms with Gasteiger partial charge in [-0.2, -0.15) is 9.78 Å². The molecule has 8 heteroatoms. The molecule has 0 spiro atoms. The first-order chi connectivity index (χ1) is 12.6. The van der Waals surface area contributed by atoms with Gasteiger partial charge in [-0.05, 0) is 25.1 Å². The number of anilines is 1. The minimum atomic E-state index is -0.149. The Morgan fingerprint density at radius 2 is 2.04 bits per heavy atom. The second-order valence-corrected chi connectivity index (χ2v) is 6.41. The van der Waals surface area contributed by atoms with Crippen LogP contribution in [0.1, 0.15) is 29.2 Å². The number of halogens is 1. The van der Waals surface area contributed by atoms with Gasteiger partial charge in [0.05, 0.1) is 12.8 Å². The van der Waals surface area contributed by atoms with Crippen molar-refractivity contribution < 1.29 is 9.53 Å². The molecule has 1 N–H and O–H groups in total. The number of amides is 1. The molecule has 1 aliphatic rings. The molecule has 26 heavy (non-hydrogen) atoms. The van der Waals surface area contributed by atoms with Gasteiger partial charge in [-0.3, -0.25) is 4.79 Å². The molecule has 2 aromatic heterocycles. The number of rotatable bonds is 3. The third-order valence-electron chi connectivity index (χ3n) is 4.45. The third-order valence-corrected chi connectivity index (χ3v) is 4.65. The Kier molecular flexibility index (Phi) is 4.08. The summed E-state index contributed by atoms with van der Waals surface area (Å²) in [6, 6.07) is 11.1. The first-order valence-electron chi connectivity index (χ1n) is 8.10. The van der Waals surface area contributed by atoms with Gasteiger partial charge in [0.25, 0.3) is 0 Å². The first-order valence-corrected chi connectivity index (χ1v) is 8.48. The molecular formula is C18H16ClN5O2. The minimum Gasteiger partial charge on any atom is -0.496 e. The Balaban J connectivity index is 1.89. The van der Waals surface area contributed by atoms with Crippen molar-refractivity contribution in [3.63, 3.8) is 0 Å². The molecule has 1 aliphatic heterocycles. The summed E-state index contributed by atoms with van der Waals surface area (Å²) in [4.78, 5) is 12.4. The average Bonchev–Trinajstić information content (AvgIpc) is 2.98. The molecule has 0 unspecified atom stereocenters. The molecule has 0 radical (unpaired) electrons. The second kappa shape index (κ2) is 6.42. The largest absolute Gasteiger partial charge is 0.496 e. The molecule has 0 fully saturated rings. The van der Waals surface area contributed by atoms with Crippen LogP contribution < -0.4 is 10.1 Å². The first kappa shape index (κ1) is 16.5. The molecule has 0 bridgehead atoms. The lowest BCUT2D eigenvalue weighted by molar-refractivity contribution is -0.116. The predicted octanol–water partition coefficient (Wildman–Crippen LogP) is 3.11. The van der Waals surface area contributed by atoms with Crippen LogP contribution in [0.5, 0.6) is 5.75 Å². The summed E-state index contributed by atoms with van der Waals surface area (Å²) in [5, 5.41) is 15.7. The summed E-state index contributed by atoms with van der Waals surface area (Å²) in [5.41, 5.74) is 2.72. The fourth-order valence-corrected chi connectivity index (χ4v) is 3.46. The van der Waals surface area contributed by atoms with E-state index in [0.717, 1.165) is 22.6 Å². The zero-order chi connectivity index (χ0) is 18.3.